The topological polar surface area (TPSA) is 53.7 Å². The number of carboxylic acid groups (broad SMARTS) is 1. The number of nitrogens with zero attached hydrogens (tertiary/aromatic N) is 1. The van der Waals surface area contributed by atoms with Crippen LogP contribution in [0.15, 0.2) is 76.0 Å². The number of halogens is 3. The van der Waals surface area contributed by atoms with Crippen molar-refractivity contribution < 1.29 is 27.5 Å². The molecule has 41 heavy (non-hydrogen) atoms. The van der Waals surface area contributed by atoms with Gasteiger partial charge in [-0.1, -0.05) is 54.6 Å². The van der Waals surface area contributed by atoms with Crippen LogP contribution in [-0.2, 0) is 29.5 Å². The fourth-order valence-corrected chi connectivity index (χ4v) is 5.81. The molecule has 0 fully saturated rings. The minimum Gasteiger partial charge on any atom is -0.481 e. The third kappa shape index (κ3) is 6.88. The van der Waals surface area contributed by atoms with Crippen molar-refractivity contribution in [3.8, 4) is 11.1 Å². The second-order valence-electron chi connectivity index (χ2n) is 11.0. The van der Waals surface area contributed by atoms with Gasteiger partial charge in [0.1, 0.15) is 5.76 Å². The summed E-state index contributed by atoms with van der Waals surface area (Å²) in [5, 5.41) is 9.62. The molecule has 0 unspecified atom stereocenters. The van der Waals surface area contributed by atoms with Crippen LogP contribution in [0.2, 0.25) is 0 Å². The zero-order valence-corrected chi connectivity index (χ0v) is 24.8. The lowest BCUT2D eigenvalue weighted by molar-refractivity contribution is -0.153. The van der Waals surface area contributed by atoms with Crippen molar-refractivity contribution in [2.75, 3.05) is 0 Å². The molecule has 1 aromatic heterocycles. The number of hydrogen-bond acceptors (Lipinski definition) is 4. The van der Waals surface area contributed by atoms with E-state index in [1.807, 2.05) is 59.8 Å². The summed E-state index contributed by atoms with van der Waals surface area (Å²) in [7, 11) is 0. The van der Waals surface area contributed by atoms with Crippen molar-refractivity contribution in [3.63, 3.8) is 0 Å². The lowest BCUT2D eigenvalue weighted by Crippen LogP contribution is -2.28. The van der Waals surface area contributed by atoms with Crippen LogP contribution < -0.4 is 0 Å². The average molecular weight is 582 g/mol. The van der Waals surface area contributed by atoms with Crippen LogP contribution in [0.3, 0.4) is 0 Å². The number of carbonyl (C=O) groups is 1. The highest BCUT2D eigenvalue weighted by Gasteiger charge is 2.35. The first kappa shape index (κ1) is 30.5. The van der Waals surface area contributed by atoms with E-state index >= 15 is 0 Å². The SMILES string of the molecule is Cc1cc(C)c(SN(Cc2ccc(-c3cccc(C(C)(C)C(=O)O)c3)cc2)Cc2ccc(C(F)(F)F)o2)c(C)c1C. The summed E-state index contributed by atoms with van der Waals surface area (Å²) < 4.78 is 46.7. The van der Waals surface area contributed by atoms with Gasteiger partial charge in [0, 0.05) is 11.4 Å². The van der Waals surface area contributed by atoms with Gasteiger partial charge < -0.3 is 9.52 Å². The van der Waals surface area contributed by atoms with Crippen LogP contribution in [0.25, 0.3) is 11.1 Å². The number of carboxylic acids is 1. The Morgan fingerprint density at radius 3 is 2.15 bits per heavy atom. The first-order valence-electron chi connectivity index (χ1n) is 13.3. The van der Waals surface area contributed by atoms with Gasteiger partial charge in [0.2, 0.25) is 5.76 Å². The maximum atomic E-state index is 13.2. The number of hydrogen-bond donors (Lipinski definition) is 1. The Balaban J connectivity index is 1.62. The lowest BCUT2D eigenvalue weighted by atomic mass is 9.83. The van der Waals surface area contributed by atoms with Gasteiger partial charge in [0.25, 0.3) is 0 Å². The summed E-state index contributed by atoms with van der Waals surface area (Å²) in [6.45, 7) is 12.3. The Hall–Kier alpha value is -3.49. The minimum atomic E-state index is -4.54. The molecule has 0 atom stereocenters. The predicted molar refractivity (Wildman–Crippen MR) is 157 cm³/mol. The molecule has 0 amide bonds. The highest BCUT2D eigenvalue weighted by Crippen LogP contribution is 2.37. The molecule has 216 valence electrons. The lowest BCUT2D eigenvalue weighted by Gasteiger charge is -2.24. The van der Waals surface area contributed by atoms with Crippen LogP contribution in [0.4, 0.5) is 13.2 Å². The second kappa shape index (κ2) is 11.8. The van der Waals surface area contributed by atoms with E-state index in [1.165, 1.54) is 29.1 Å². The third-order valence-electron chi connectivity index (χ3n) is 7.54. The molecule has 0 aliphatic heterocycles. The quantitative estimate of drug-likeness (QED) is 0.200. The van der Waals surface area contributed by atoms with Crippen LogP contribution in [0.5, 0.6) is 0 Å². The number of aliphatic carboxylic acids is 1. The predicted octanol–water partition coefficient (Wildman–Crippen LogP) is 9.27. The summed E-state index contributed by atoms with van der Waals surface area (Å²) in [6.07, 6.45) is -4.54. The van der Waals surface area contributed by atoms with Crippen LogP contribution in [-0.4, -0.2) is 15.4 Å². The van der Waals surface area contributed by atoms with Crippen LogP contribution in [0.1, 0.15) is 58.7 Å². The fraction of sp³-hybridized carbons (Fsp3) is 0.303. The molecule has 0 spiro atoms. The van der Waals surface area contributed by atoms with E-state index in [9.17, 15) is 23.1 Å². The average Bonchev–Trinajstić information content (AvgIpc) is 3.39. The van der Waals surface area contributed by atoms with Crippen LogP contribution in [0, 0.1) is 27.7 Å². The molecule has 0 aliphatic rings. The highest BCUT2D eigenvalue weighted by atomic mass is 32.2. The second-order valence-corrected chi connectivity index (χ2v) is 12.1. The standard InChI is InChI=1S/C33H34F3NO3S/c1-20-16-21(2)30(23(4)22(20)3)41-37(19-28-14-15-29(40-28)33(34,35)36)18-24-10-12-25(13-11-24)26-8-7-9-27(17-26)32(5,6)31(38)39/h7-17H,18-19H2,1-6H3,(H,38,39). The first-order valence-corrected chi connectivity index (χ1v) is 14.0. The molecular weight excluding hydrogens is 547 g/mol. The smallest absolute Gasteiger partial charge is 0.449 e. The Labute approximate surface area is 243 Å². The zero-order chi connectivity index (χ0) is 30.1. The van der Waals surface area contributed by atoms with E-state index in [1.54, 1.807) is 13.8 Å². The first-order chi connectivity index (χ1) is 19.2. The number of rotatable bonds is 9. The molecule has 0 aliphatic carbocycles. The van der Waals surface area contributed by atoms with Crippen molar-refractivity contribution in [2.45, 2.75) is 71.1 Å². The Kier molecular flexibility index (Phi) is 8.76. The summed E-state index contributed by atoms with van der Waals surface area (Å²) in [6, 6.07) is 19.9. The number of alkyl halides is 3. The molecular formula is C33H34F3NO3S. The third-order valence-corrected chi connectivity index (χ3v) is 8.87. The zero-order valence-electron chi connectivity index (χ0n) is 24.0. The summed E-state index contributed by atoms with van der Waals surface area (Å²) >= 11 is 1.52. The largest absolute Gasteiger partial charge is 0.481 e. The molecule has 4 aromatic rings. The molecule has 4 rings (SSSR count). The van der Waals surface area contributed by atoms with Gasteiger partial charge in [-0.05, 0) is 110 Å². The van der Waals surface area contributed by atoms with Crippen molar-refractivity contribution in [1.29, 1.82) is 0 Å². The number of aryl methyl sites for hydroxylation is 2. The van der Waals surface area contributed by atoms with Gasteiger partial charge in [0.05, 0.1) is 12.0 Å². The number of furan rings is 1. The summed E-state index contributed by atoms with van der Waals surface area (Å²) in [5.41, 5.74) is 7.16. The maximum Gasteiger partial charge on any atom is 0.449 e. The van der Waals surface area contributed by atoms with Crippen molar-refractivity contribution in [1.82, 2.24) is 4.31 Å². The van der Waals surface area contributed by atoms with E-state index in [4.69, 9.17) is 4.42 Å². The van der Waals surface area contributed by atoms with Gasteiger partial charge in [-0.2, -0.15) is 13.2 Å². The fourth-order valence-electron chi connectivity index (χ4n) is 4.66. The van der Waals surface area contributed by atoms with Gasteiger partial charge in [-0.15, -0.1) is 0 Å². The maximum absolute atomic E-state index is 13.2. The highest BCUT2D eigenvalue weighted by molar-refractivity contribution is 7.97. The van der Waals surface area contributed by atoms with E-state index < -0.39 is 23.3 Å². The normalized spacial score (nSPS) is 12.2. The van der Waals surface area contributed by atoms with E-state index in [2.05, 4.69) is 26.8 Å². The Morgan fingerprint density at radius 2 is 1.54 bits per heavy atom. The van der Waals surface area contributed by atoms with Crippen molar-refractivity contribution >= 4 is 17.9 Å². The molecule has 0 bridgehead atoms. The van der Waals surface area contributed by atoms with E-state index in [0.717, 1.165) is 38.8 Å². The molecule has 8 heteroatoms. The minimum absolute atomic E-state index is 0.181. The van der Waals surface area contributed by atoms with Gasteiger partial charge in [0.15, 0.2) is 0 Å². The molecule has 3 aromatic carbocycles. The Morgan fingerprint density at radius 1 is 0.854 bits per heavy atom. The van der Waals surface area contributed by atoms with E-state index in [-0.39, 0.29) is 12.3 Å². The number of benzene rings is 3. The molecule has 1 heterocycles. The van der Waals surface area contributed by atoms with Crippen molar-refractivity contribution in [2.24, 2.45) is 0 Å². The van der Waals surface area contributed by atoms with Crippen LogP contribution >= 0.6 is 11.9 Å². The van der Waals surface area contributed by atoms with Gasteiger partial charge in [-0.3, -0.25) is 4.79 Å². The molecule has 0 saturated carbocycles. The van der Waals surface area contributed by atoms with E-state index in [0.29, 0.717) is 12.1 Å². The summed E-state index contributed by atoms with van der Waals surface area (Å²) in [5.74, 6) is -1.66. The molecule has 0 saturated heterocycles. The van der Waals surface area contributed by atoms with Gasteiger partial charge in [-0.25, -0.2) is 4.31 Å². The monoisotopic (exact) mass is 581 g/mol. The van der Waals surface area contributed by atoms with Crippen molar-refractivity contribution in [3.05, 3.63) is 112 Å². The summed E-state index contributed by atoms with van der Waals surface area (Å²) in [4.78, 5) is 12.8. The molecule has 0 radical (unpaired) electrons. The molecule has 4 nitrogen and oxygen atoms in total. The molecule has 1 N–H and O–H groups in total. The Bertz CT molecular complexity index is 1560. The van der Waals surface area contributed by atoms with Gasteiger partial charge >= 0.3 is 12.1 Å².